The Morgan fingerprint density at radius 2 is 1.90 bits per heavy atom. The molecular weight excluding hydrogens is 274 g/mol. The van der Waals surface area contributed by atoms with Crippen molar-refractivity contribution in [1.29, 1.82) is 0 Å². The molecule has 1 heterocycles. The van der Waals surface area contributed by atoms with Gasteiger partial charge in [0.25, 0.3) is 0 Å². The standard InChI is InChI=1S/C15H21NO3S/c1-11-5-6-13(12(2)9-11)10-14(17)16-20(15(18)19)7-3-4-8-20/h5-6,9H,3-4,7-8,10H2,1-2H3,(H,16,17)(H,18,19). The van der Waals surface area contributed by atoms with Crippen LogP contribution in [0.1, 0.15) is 29.5 Å². The summed E-state index contributed by atoms with van der Waals surface area (Å²) >= 11 is 0. The summed E-state index contributed by atoms with van der Waals surface area (Å²) in [6.45, 7) is 3.99. The smallest absolute Gasteiger partial charge is 0.364 e. The largest absolute Gasteiger partial charge is 0.473 e. The lowest BCUT2D eigenvalue weighted by Crippen LogP contribution is -2.34. The molecule has 1 saturated heterocycles. The van der Waals surface area contributed by atoms with Crippen LogP contribution in [-0.2, 0) is 11.2 Å². The number of hydrogen-bond acceptors (Lipinski definition) is 2. The first kappa shape index (κ1) is 14.9. The molecule has 1 amide bonds. The van der Waals surface area contributed by atoms with Crippen molar-refractivity contribution in [3.8, 4) is 0 Å². The molecule has 2 rings (SSSR count). The van der Waals surface area contributed by atoms with Crippen LogP contribution in [-0.4, -0.2) is 27.8 Å². The lowest BCUT2D eigenvalue weighted by molar-refractivity contribution is -0.118. The molecule has 5 heteroatoms. The van der Waals surface area contributed by atoms with Gasteiger partial charge in [-0.15, -0.1) is 0 Å². The fraction of sp³-hybridized carbons (Fsp3) is 0.467. The van der Waals surface area contributed by atoms with Gasteiger partial charge in [0.15, 0.2) is 0 Å². The minimum atomic E-state index is -2.00. The highest BCUT2D eigenvalue weighted by molar-refractivity contribution is 8.43. The van der Waals surface area contributed by atoms with E-state index in [9.17, 15) is 14.7 Å². The first-order valence-corrected chi connectivity index (χ1v) is 8.78. The number of carbonyl (C=O) groups is 2. The molecular formula is C15H21NO3S. The predicted molar refractivity (Wildman–Crippen MR) is 82.3 cm³/mol. The van der Waals surface area contributed by atoms with Crippen LogP contribution in [0.15, 0.2) is 18.2 Å². The van der Waals surface area contributed by atoms with Crippen LogP contribution in [0.2, 0.25) is 0 Å². The van der Waals surface area contributed by atoms with E-state index in [0.29, 0.717) is 11.5 Å². The van der Waals surface area contributed by atoms with Gasteiger partial charge < -0.3 is 9.83 Å². The Bertz CT molecular complexity index is 536. The van der Waals surface area contributed by atoms with Crippen LogP contribution in [0, 0.1) is 13.8 Å². The highest BCUT2D eigenvalue weighted by Crippen LogP contribution is 2.50. The number of aryl methyl sites for hydroxylation is 2. The van der Waals surface area contributed by atoms with E-state index < -0.39 is 15.5 Å². The first-order valence-electron chi connectivity index (χ1n) is 6.81. The summed E-state index contributed by atoms with van der Waals surface area (Å²) in [5.74, 6) is 1.05. The number of rotatable bonds is 2. The maximum Gasteiger partial charge on any atom is 0.364 e. The normalized spacial score (nSPS) is 18.5. The molecule has 1 aliphatic rings. The molecule has 0 radical (unpaired) electrons. The van der Waals surface area contributed by atoms with Gasteiger partial charge in [-0.05, 0) is 37.8 Å². The van der Waals surface area contributed by atoms with Crippen molar-refractivity contribution < 1.29 is 14.7 Å². The SMILES string of the molecule is Cc1ccc(CC(=O)NS2(C(=O)O)CCCC2)c(C)c1. The Kier molecular flexibility index (Phi) is 4.38. The van der Waals surface area contributed by atoms with Gasteiger partial charge in [-0.2, -0.15) is 0 Å². The second kappa shape index (κ2) is 5.87. The van der Waals surface area contributed by atoms with E-state index in [2.05, 4.69) is 4.72 Å². The zero-order valence-corrected chi connectivity index (χ0v) is 12.8. The van der Waals surface area contributed by atoms with E-state index in [4.69, 9.17) is 0 Å². The van der Waals surface area contributed by atoms with Crippen molar-refractivity contribution in [1.82, 2.24) is 4.72 Å². The highest BCUT2D eigenvalue weighted by Gasteiger charge is 2.37. The number of carbonyl (C=O) groups excluding carboxylic acids is 1. The molecule has 0 bridgehead atoms. The molecule has 1 aromatic carbocycles. The van der Waals surface area contributed by atoms with E-state index in [1.165, 1.54) is 0 Å². The highest BCUT2D eigenvalue weighted by atomic mass is 32.3. The van der Waals surface area contributed by atoms with Crippen LogP contribution in [0.4, 0.5) is 4.79 Å². The van der Waals surface area contributed by atoms with E-state index in [0.717, 1.165) is 29.5 Å². The zero-order chi connectivity index (χ0) is 14.8. The third kappa shape index (κ3) is 3.15. The van der Waals surface area contributed by atoms with Crippen molar-refractivity contribution in [3.05, 3.63) is 34.9 Å². The quantitative estimate of drug-likeness (QED) is 0.880. The lowest BCUT2D eigenvalue weighted by atomic mass is 10.0. The Labute approximate surface area is 121 Å². The summed E-state index contributed by atoms with van der Waals surface area (Å²) in [6, 6.07) is 5.96. The minimum absolute atomic E-state index is 0.170. The summed E-state index contributed by atoms with van der Waals surface area (Å²) in [6.07, 6.45) is 2.05. The summed E-state index contributed by atoms with van der Waals surface area (Å²) in [5, 5.41) is 8.56. The van der Waals surface area contributed by atoms with Crippen LogP contribution in [0.5, 0.6) is 0 Å². The Hall–Kier alpha value is -1.49. The van der Waals surface area contributed by atoms with Gasteiger partial charge in [0.05, 0.1) is 6.42 Å². The van der Waals surface area contributed by atoms with Crippen LogP contribution >= 0.6 is 10.2 Å². The third-order valence-corrected chi connectivity index (χ3v) is 6.99. The maximum atomic E-state index is 12.2. The molecule has 20 heavy (non-hydrogen) atoms. The van der Waals surface area contributed by atoms with Gasteiger partial charge in [-0.25, -0.2) is 4.79 Å². The van der Waals surface area contributed by atoms with Gasteiger partial charge in [-0.3, -0.25) is 4.79 Å². The first-order chi connectivity index (χ1) is 9.43. The van der Waals surface area contributed by atoms with Crippen molar-refractivity contribution in [2.75, 3.05) is 11.5 Å². The summed E-state index contributed by atoms with van der Waals surface area (Å²) in [4.78, 5) is 23.6. The van der Waals surface area contributed by atoms with E-state index in [1.807, 2.05) is 32.0 Å². The number of carboxylic acid groups (broad SMARTS) is 1. The molecule has 110 valence electrons. The number of benzene rings is 1. The molecule has 0 spiro atoms. The monoisotopic (exact) mass is 295 g/mol. The predicted octanol–water partition coefficient (Wildman–Crippen LogP) is 3.15. The molecule has 0 unspecified atom stereocenters. The third-order valence-electron chi connectivity index (χ3n) is 3.73. The van der Waals surface area contributed by atoms with Gasteiger partial charge in [0.2, 0.25) is 5.91 Å². The fourth-order valence-electron chi connectivity index (χ4n) is 2.59. The molecule has 1 aliphatic heterocycles. The summed E-state index contributed by atoms with van der Waals surface area (Å²) < 4.78 is 2.83. The molecule has 0 aliphatic carbocycles. The summed E-state index contributed by atoms with van der Waals surface area (Å²) in [7, 11) is -2.00. The van der Waals surface area contributed by atoms with Crippen LogP contribution < -0.4 is 4.72 Å². The minimum Gasteiger partial charge on any atom is -0.473 e. The van der Waals surface area contributed by atoms with E-state index in [-0.39, 0.29) is 12.3 Å². The van der Waals surface area contributed by atoms with Crippen LogP contribution in [0.3, 0.4) is 0 Å². The van der Waals surface area contributed by atoms with E-state index in [1.54, 1.807) is 0 Å². The van der Waals surface area contributed by atoms with Crippen molar-refractivity contribution in [2.24, 2.45) is 0 Å². The Balaban J connectivity index is 2.07. The van der Waals surface area contributed by atoms with E-state index >= 15 is 0 Å². The van der Waals surface area contributed by atoms with Gasteiger partial charge >= 0.3 is 5.30 Å². The van der Waals surface area contributed by atoms with Crippen molar-refractivity contribution in [3.63, 3.8) is 0 Å². The average molecular weight is 295 g/mol. The molecule has 2 N–H and O–H groups in total. The molecule has 4 nitrogen and oxygen atoms in total. The molecule has 0 atom stereocenters. The topological polar surface area (TPSA) is 66.4 Å². The van der Waals surface area contributed by atoms with Crippen LogP contribution in [0.25, 0.3) is 0 Å². The van der Waals surface area contributed by atoms with Crippen molar-refractivity contribution >= 4 is 21.4 Å². The average Bonchev–Trinajstić information content (AvgIpc) is 2.82. The lowest BCUT2D eigenvalue weighted by Gasteiger charge is -2.31. The van der Waals surface area contributed by atoms with Gasteiger partial charge in [-0.1, -0.05) is 34.0 Å². The second-order valence-electron chi connectivity index (χ2n) is 5.40. The second-order valence-corrected chi connectivity index (χ2v) is 8.53. The number of hydrogen-bond donors (Lipinski definition) is 2. The fourth-order valence-corrected chi connectivity index (χ4v) is 5.34. The number of amides is 1. The zero-order valence-electron chi connectivity index (χ0n) is 11.9. The maximum absolute atomic E-state index is 12.2. The number of nitrogens with one attached hydrogen (secondary N) is 1. The molecule has 0 saturated carbocycles. The van der Waals surface area contributed by atoms with Gasteiger partial charge in [0.1, 0.15) is 0 Å². The Morgan fingerprint density at radius 1 is 1.25 bits per heavy atom. The summed E-state index contributed by atoms with van der Waals surface area (Å²) in [5.41, 5.74) is 3.20. The molecule has 0 aromatic heterocycles. The molecule has 1 aromatic rings. The van der Waals surface area contributed by atoms with Crippen molar-refractivity contribution in [2.45, 2.75) is 33.1 Å². The molecule has 1 fully saturated rings. The Morgan fingerprint density at radius 3 is 2.45 bits per heavy atom. The van der Waals surface area contributed by atoms with Gasteiger partial charge in [0, 0.05) is 11.5 Å².